The molecule has 3 nitrogen and oxygen atoms in total. The van der Waals surface area contributed by atoms with Gasteiger partial charge in [-0.25, -0.2) is 0 Å². The van der Waals surface area contributed by atoms with E-state index >= 15 is 0 Å². The van der Waals surface area contributed by atoms with Crippen LogP contribution >= 0.6 is 0 Å². The minimum absolute atomic E-state index is 1.15. The van der Waals surface area contributed by atoms with Crippen molar-refractivity contribution in [2.75, 3.05) is 0 Å². The van der Waals surface area contributed by atoms with Gasteiger partial charge >= 0.3 is 0 Å². The van der Waals surface area contributed by atoms with Crippen LogP contribution in [0.25, 0.3) is 137 Å². The molecule has 0 aliphatic carbocycles. The predicted octanol–water partition coefficient (Wildman–Crippen LogP) is 17.2. The molecule has 11 aromatic carbocycles. The molecule has 0 radical (unpaired) electrons. The standard InChI is InChI=1S/C64H39N3/c1-2-14-44(15-3-1)65-58-22-10-6-18-50(58)54-36-41(28-34-62(54)65)46-32-33-47(49-17-5-4-16-48(46)49)42-29-35-63-55(37-42)51-19-7-11-23-59(51)66(63)45-30-26-40(27-31-45)43-38-56-52-20-8-12-24-60(52)67-61-25-13-9-21-53(61)57(39-43)64(56)67/h1-39H. The van der Waals surface area contributed by atoms with Crippen molar-refractivity contribution in [1.82, 2.24) is 13.5 Å². The zero-order chi connectivity index (χ0) is 43.7. The first-order valence-electron chi connectivity index (χ1n) is 23.2. The smallest absolute Gasteiger partial charge is 0.0620 e. The van der Waals surface area contributed by atoms with Gasteiger partial charge in [-0.15, -0.1) is 0 Å². The maximum absolute atomic E-state index is 2.45. The minimum atomic E-state index is 1.15. The molecule has 0 unspecified atom stereocenters. The summed E-state index contributed by atoms with van der Waals surface area (Å²) < 4.78 is 7.26. The number of hydrogen-bond acceptors (Lipinski definition) is 0. The van der Waals surface area contributed by atoms with Crippen LogP contribution in [0, 0.1) is 0 Å². The van der Waals surface area contributed by atoms with E-state index in [0.717, 1.165) is 5.69 Å². The molecule has 15 aromatic rings. The molecule has 0 fully saturated rings. The molecule has 0 aliphatic heterocycles. The Morgan fingerprint density at radius 1 is 0.209 bits per heavy atom. The molecule has 0 aliphatic rings. The third-order valence-electron chi connectivity index (χ3n) is 14.6. The first kappa shape index (κ1) is 36.4. The Kier molecular flexibility index (Phi) is 7.50. The van der Waals surface area contributed by atoms with Crippen molar-refractivity contribution in [1.29, 1.82) is 0 Å². The summed E-state index contributed by atoms with van der Waals surface area (Å²) in [5, 5.41) is 12.7. The second-order valence-electron chi connectivity index (χ2n) is 18.0. The monoisotopic (exact) mass is 849 g/mol. The summed E-state index contributed by atoms with van der Waals surface area (Å²) in [6, 6.07) is 87.4. The van der Waals surface area contributed by atoms with E-state index in [0.29, 0.717) is 0 Å². The van der Waals surface area contributed by atoms with E-state index < -0.39 is 0 Å². The van der Waals surface area contributed by atoms with Gasteiger partial charge in [-0.1, -0.05) is 152 Å². The van der Waals surface area contributed by atoms with Crippen molar-refractivity contribution in [3.05, 3.63) is 237 Å². The van der Waals surface area contributed by atoms with E-state index in [9.17, 15) is 0 Å². The van der Waals surface area contributed by atoms with Crippen LogP contribution in [0.15, 0.2) is 237 Å². The van der Waals surface area contributed by atoms with Crippen molar-refractivity contribution in [3.8, 4) is 44.8 Å². The fourth-order valence-electron chi connectivity index (χ4n) is 11.6. The summed E-state index contributed by atoms with van der Waals surface area (Å²) in [6.45, 7) is 0. The fourth-order valence-corrected chi connectivity index (χ4v) is 11.6. The molecule has 15 rings (SSSR count). The van der Waals surface area contributed by atoms with E-state index in [1.807, 2.05) is 0 Å². The average Bonchev–Trinajstić information content (AvgIpc) is 4.12. The third-order valence-corrected chi connectivity index (χ3v) is 14.6. The number of hydrogen-bond donors (Lipinski definition) is 0. The quantitative estimate of drug-likeness (QED) is 0.164. The summed E-state index contributed by atoms with van der Waals surface area (Å²) >= 11 is 0. The molecule has 4 heterocycles. The lowest BCUT2D eigenvalue weighted by Crippen LogP contribution is -1.94. The molecule has 3 heteroatoms. The molecule has 0 saturated carbocycles. The van der Waals surface area contributed by atoms with E-state index in [4.69, 9.17) is 0 Å². The van der Waals surface area contributed by atoms with Crippen LogP contribution in [0.2, 0.25) is 0 Å². The Balaban J connectivity index is 0.835. The molecule has 0 atom stereocenters. The van der Waals surface area contributed by atoms with E-state index in [1.54, 1.807) is 0 Å². The van der Waals surface area contributed by atoms with Gasteiger partial charge in [-0.3, -0.25) is 0 Å². The maximum atomic E-state index is 2.45. The normalized spacial score (nSPS) is 12.2. The van der Waals surface area contributed by atoms with Gasteiger partial charge in [0.2, 0.25) is 0 Å². The SMILES string of the molecule is c1ccc(-n2c3ccccc3c3cc(-c4ccc(-c5ccc6c(c5)c5ccccc5n6-c5ccc(-c6cc7c8ccccc8n8c9ccccc9c(c6)c78)cc5)c5ccccc45)ccc32)cc1. The largest absolute Gasteiger partial charge is 0.309 e. The van der Waals surface area contributed by atoms with Gasteiger partial charge in [0.15, 0.2) is 0 Å². The highest BCUT2D eigenvalue weighted by atomic mass is 15.0. The van der Waals surface area contributed by atoms with Crippen molar-refractivity contribution >= 4 is 92.5 Å². The van der Waals surface area contributed by atoms with E-state index in [-0.39, 0.29) is 0 Å². The Morgan fingerprint density at radius 3 is 1.06 bits per heavy atom. The van der Waals surface area contributed by atoms with Crippen molar-refractivity contribution in [2.45, 2.75) is 0 Å². The molecule has 4 aromatic heterocycles. The molecule has 0 bridgehead atoms. The molecular weight excluding hydrogens is 811 g/mol. The number of nitrogens with zero attached hydrogens (tertiary/aromatic N) is 3. The van der Waals surface area contributed by atoms with Crippen LogP contribution in [0.1, 0.15) is 0 Å². The van der Waals surface area contributed by atoms with Gasteiger partial charge in [0.25, 0.3) is 0 Å². The minimum Gasteiger partial charge on any atom is -0.309 e. The average molecular weight is 850 g/mol. The van der Waals surface area contributed by atoms with Crippen LogP contribution < -0.4 is 0 Å². The van der Waals surface area contributed by atoms with Crippen molar-refractivity contribution in [2.24, 2.45) is 0 Å². The van der Waals surface area contributed by atoms with Gasteiger partial charge in [-0.2, -0.15) is 0 Å². The number of para-hydroxylation sites is 5. The van der Waals surface area contributed by atoms with Gasteiger partial charge in [0.1, 0.15) is 0 Å². The highest BCUT2D eigenvalue weighted by Crippen LogP contribution is 2.44. The van der Waals surface area contributed by atoms with Gasteiger partial charge < -0.3 is 13.5 Å². The Bertz CT molecular complexity index is 4400. The maximum Gasteiger partial charge on any atom is 0.0620 e. The van der Waals surface area contributed by atoms with E-state index in [2.05, 4.69) is 250 Å². The summed E-state index contributed by atoms with van der Waals surface area (Å²) in [7, 11) is 0. The Hall–Kier alpha value is -8.92. The molecular formula is C64H39N3. The number of fused-ring (bicyclic) bond motifs is 13. The van der Waals surface area contributed by atoms with Gasteiger partial charge in [0.05, 0.1) is 38.6 Å². The summed E-state index contributed by atoms with van der Waals surface area (Å²) in [5.41, 5.74) is 18.3. The van der Waals surface area contributed by atoms with Crippen LogP contribution in [-0.2, 0) is 0 Å². The van der Waals surface area contributed by atoms with Gasteiger partial charge in [0, 0.05) is 54.5 Å². The first-order chi connectivity index (χ1) is 33.2. The summed E-state index contributed by atoms with van der Waals surface area (Å²) in [6.07, 6.45) is 0. The Morgan fingerprint density at radius 2 is 0.567 bits per heavy atom. The van der Waals surface area contributed by atoms with E-state index in [1.165, 1.54) is 132 Å². The van der Waals surface area contributed by atoms with Crippen LogP contribution in [0.3, 0.4) is 0 Å². The highest BCUT2D eigenvalue weighted by Gasteiger charge is 2.20. The predicted molar refractivity (Wildman–Crippen MR) is 284 cm³/mol. The highest BCUT2D eigenvalue weighted by molar-refractivity contribution is 6.24. The molecule has 0 amide bonds. The molecule has 0 N–H and O–H groups in total. The van der Waals surface area contributed by atoms with Crippen molar-refractivity contribution < 1.29 is 0 Å². The zero-order valence-electron chi connectivity index (χ0n) is 36.4. The fraction of sp³-hybridized carbons (Fsp3) is 0. The lowest BCUT2D eigenvalue weighted by Gasteiger charge is -2.14. The zero-order valence-corrected chi connectivity index (χ0v) is 36.4. The second kappa shape index (κ2) is 13.8. The molecule has 0 saturated heterocycles. The lowest BCUT2D eigenvalue weighted by atomic mass is 9.91. The number of aromatic nitrogens is 3. The van der Waals surface area contributed by atoms with Crippen LogP contribution in [0.5, 0.6) is 0 Å². The van der Waals surface area contributed by atoms with Crippen LogP contribution in [0.4, 0.5) is 0 Å². The second-order valence-corrected chi connectivity index (χ2v) is 18.0. The summed E-state index contributed by atoms with van der Waals surface area (Å²) in [5.74, 6) is 0. The summed E-state index contributed by atoms with van der Waals surface area (Å²) in [4.78, 5) is 0. The molecule has 67 heavy (non-hydrogen) atoms. The van der Waals surface area contributed by atoms with Gasteiger partial charge in [-0.05, 0) is 129 Å². The van der Waals surface area contributed by atoms with Crippen LogP contribution in [-0.4, -0.2) is 13.5 Å². The molecule has 310 valence electrons. The number of rotatable bonds is 5. The first-order valence-corrected chi connectivity index (χ1v) is 23.2. The third kappa shape index (κ3) is 5.17. The van der Waals surface area contributed by atoms with Crippen molar-refractivity contribution in [3.63, 3.8) is 0 Å². The lowest BCUT2D eigenvalue weighted by molar-refractivity contribution is 1.18. The Labute approximate surface area is 385 Å². The number of benzene rings is 11. The molecule has 0 spiro atoms. The topological polar surface area (TPSA) is 14.3 Å².